The van der Waals surface area contributed by atoms with Gasteiger partial charge in [0, 0.05) is 17.8 Å². The maximum atomic E-state index is 11.9. The van der Waals surface area contributed by atoms with Crippen molar-refractivity contribution in [3.8, 4) is 0 Å². The van der Waals surface area contributed by atoms with Crippen molar-refractivity contribution in [1.29, 1.82) is 0 Å². The van der Waals surface area contributed by atoms with E-state index in [0.717, 1.165) is 12.1 Å². The van der Waals surface area contributed by atoms with Gasteiger partial charge in [-0.15, -0.1) is 0 Å². The van der Waals surface area contributed by atoms with Gasteiger partial charge in [0.05, 0.1) is 0 Å². The van der Waals surface area contributed by atoms with Gasteiger partial charge < -0.3 is 5.32 Å². The summed E-state index contributed by atoms with van der Waals surface area (Å²) in [6.07, 6.45) is 4.81. The highest BCUT2D eigenvalue weighted by Gasteiger charge is 2.10. The summed E-state index contributed by atoms with van der Waals surface area (Å²) in [5.74, 6) is 0.143. The van der Waals surface area contributed by atoms with Gasteiger partial charge in [0.1, 0.15) is 5.15 Å². The standard InChI is InChI=1S/C14H19ClN2O/c1-4-5-6-7-16-14(18)11-8-12(10(2)3)17-13(15)9-11/h4-5,8-10H,6-7H2,1-3H3,(H,16,18)/b5-4+. The SMILES string of the molecule is C/C=C/CCNC(=O)c1cc(Cl)nc(C(C)C)c1. The van der Waals surface area contributed by atoms with E-state index < -0.39 is 0 Å². The molecule has 1 rings (SSSR count). The normalized spacial score (nSPS) is 11.2. The molecule has 0 atom stereocenters. The fraction of sp³-hybridized carbons (Fsp3) is 0.429. The summed E-state index contributed by atoms with van der Waals surface area (Å²) in [7, 11) is 0. The van der Waals surface area contributed by atoms with E-state index in [0.29, 0.717) is 17.3 Å². The van der Waals surface area contributed by atoms with Crippen LogP contribution in [-0.4, -0.2) is 17.4 Å². The van der Waals surface area contributed by atoms with Crippen molar-refractivity contribution in [3.05, 3.63) is 40.7 Å². The molecule has 1 heterocycles. The van der Waals surface area contributed by atoms with Crippen LogP contribution >= 0.6 is 11.6 Å². The Morgan fingerprint density at radius 2 is 2.22 bits per heavy atom. The molecule has 0 aliphatic carbocycles. The first-order chi connectivity index (χ1) is 8.54. The summed E-state index contributed by atoms with van der Waals surface area (Å²) in [4.78, 5) is 16.1. The van der Waals surface area contributed by atoms with Gasteiger partial charge in [-0.1, -0.05) is 37.6 Å². The minimum atomic E-state index is -0.106. The highest BCUT2D eigenvalue weighted by atomic mass is 35.5. The molecule has 1 amide bonds. The molecule has 1 aromatic rings. The van der Waals surface area contributed by atoms with E-state index in [4.69, 9.17) is 11.6 Å². The number of carbonyl (C=O) groups is 1. The highest BCUT2D eigenvalue weighted by molar-refractivity contribution is 6.29. The fourth-order valence-corrected chi connectivity index (χ4v) is 1.70. The largest absolute Gasteiger partial charge is 0.352 e. The van der Waals surface area contributed by atoms with Gasteiger partial charge in [-0.05, 0) is 31.4 Å². The number of hydrogen-bond acceptors (Lipinski definition) is 2. The number of nitrogens with zero attached hydrogens (tertiary/aromatic N) is 1. The Hall–Kier alpha value is -1.35. The lowest BCUT2D eigenvalue weighted by Crippen LogP contribution is -2.24. The molecular weight excluding hydrogens is 248 g/mol. The Morgan fingerprint density at radius 3 is 2.83 bits per heavy atom. The van der Waals surface area contributed by atoms with Crippen LogP contribution in [0.4, 0.5) is 0 Å². The van der Waals surface area contributed by atoms with Gasteiger partial charge in [0.2, 0.25) is 0 Å². The van der Waals surface area contributed by atoms with E-state index in [1.165, 1.54) is 0 Å². The summed E-state index contributed by atoms with van der Waals surface area (Å²) in [6, 6.07) is 3.39. The van der Waals surface area contributed by atoms with Crippen molar-refractivity contribution < 1.29 is 4.79 Å². The summed E-state index contributed by atoms with van der Waals surface area (Å²) in [5, 5.41) is 3.21. The van der Waals surface area contributed by atoms with E-state index in [1.54, 1.807) is 12.1 Å². The second-order valence-electron chi connectivity index (χ2n) is 4.37. The molecule has 0 unspecified atom stereocenters. The van der Waals surface area contributed by atoms with E-state index in [1.807, 2.05) is 32.9 Å². The van der Waals surface area contributed by atoms with E-state index in [-0.39, 0.29) is 11.8 Å². The molecule has 0 fully saturated rings. The monoisotopic (exact) mass is 266 g/mol. The second-order valence-corrected chi connectivity index (χ2v) is 4.76. The average Bonchev–Trinajstić information content (AvgIpc) is 2.33. The van der Waals surface area contributed by atoms with Gasteiger partial charge in [-0.2, -0.15) is 0 Å². The quantitative estimate of drug-likeness (QED) is 0.503. The minimum Gasteiger partial charge on any atom is -0.352 e. The number of carbonyl (C=O) groups excluding carboxylic acids is 1. The molecule has 98 valence electrons. The molecule has 0 bridgehead atoms. The molecule has 0 radical (unpaired) electrons. The van der Waals surface area contributed by atoms with Gasteiger partial charge in [0.15, 0.2) is 0 Å². The van der Waals surface area contributed by atoms with Crippen LogP contribution in [0.3, 0.4) is 0 Å². The fourth-order valence-electron chi connectivity index (χ4n) is 1.48. The number of pyridine rings is 1. The first-order valence-corrected chi connectivity index (χ1v) is 6.49. The lowest BCUT2D eigenvalue weighted by atomic mass is 10.1. The molecule has 0 saturated carbocycles. The van der Waals surface area contributed by atoms with Gasteiger partial charge in [-0.3, -0.25) is 4.79 Å². The van der Waals surface area contributed by atoms with Gasteiger partial charge >= 0.3 is 0 Å². The summed E-state index contributed by atoms with van der Waals surface area (Å²) in [5.41, 5.74) is 1.40. The zero-order valence-electron chi connectivity index (χ0n) is 11.0. The van der Waals surface area contributed by atoms with E-state index in [9.17, 15) is 4.79 Å². The third-order valence-electron chi connectivity index (χ3n) is 2.50. The molecule has 18 heavy (non-hydrogen) atoms. The zero-order chi connectivity index (χ0) is 13.5. The van der Waals surface area contributed by atoms with Crippen molar-refractivity contribution in [3.63, 3.8) is 0 Å². The maximum absolute atomic E-state index is 11.9. The van der Waals surface area contributed by atoms with Crippen molar-refractivity contribution >= 4 is 17.5 Å². The van der Waals surface area contributed by atoms with Crippen molar-refractivity contribution in [2.75, 3.05) is 6.54 Å². The van der Waals surface area contributed by atoms with Gasteiger partial charge in [0.25, 0.3) is 5.91 Å². The number of rotatable bonds is 5. The Morgan fingerprint density at radius 1 is 1.50 bits per heavy atom. The number of amides is 1. The molecule has 0 aromatic carbocycles. The lowest BCUT2D eigenvalue weighted by molar-refractivity contribution is 0.0954. The average molecular weight is 267 g/mol. The zero-order valence-corrected chi connectivity index (χ0v) is 11.8. The van der Waals surface area contributed by atoms with Gasteiger partial charge in [-0.25, -0.2) is 4.98 Å². The Labute approximate surface area is 113 Å². The predicted octanol–water partition coefficient (Wildman–Crippen LogP) is 3.55. The summed E-state index contributed by atoms with van der Waals surface area (Å²) < 4.78 is 0. The maximum Gasteiger partial charge on any atom is 0.251 e. The number of nitrogens with one attached hydrogen (secondary N) is 1. The highest BCUT2D eigenvalue weighted by Crippen LogP contribution is 2.17. The van der Waals surface area contributed by atoms with Crippen LogP contribution in [0.1, 0.15) is 49.2 Å². The molecule has 1 aromatic heterocycles. The van der Waals surface area contributed by atoms with Crippen LogP contribution < -0.4 is 5.32 Å². The third kappa shape index (κ3) is 4.49. The number of hydrogen-bond donors (Lipinski definition) is 1. The molecule has 0 aliphatic rings. The smallest absolute Gasteiger partial charge is 0.251 e. The van der Waals surface area contributed by atoms with Crippen molar-refractivity contribution in [2.45, 2.75) is 33.1 Å². The summed E-state index contributed by atoms with van der Waals surface area (Å²) in [6.45, 7) is 6.62. The molecule has 0 aliphatic heterocycles. The Balaban J connectivity index is 2.73. The van der Waals surface area contributed by atoms with Crippen molar-refractivity contribution in [2.24, 2.45) is 0 Å². The van der Waals surface area contributed by atoms with E-state index in [2.05, 4.69) is 10.3 Å². The molecule has 0 spiro atoms. The molecule has 3 nitrogen and oxygen atoms in total. The number of allylic oxidation sites excluding steroid dienone is 1. The molecule has 1 N–H and O–H groups in total. The number of aromatic nitrogens is 1. The predicted molar refractivity (Wildman–Crippen MR) is 75.1 cm³/mol. The molecule has 0 saturated heterocycles. The van der Waals surface area contributed by atoms with E-state index >= 15 is 0 Å². The first-order valence-electron chi connectivity index (χ1n) is 6.11. The Kier molecular flexibility index (Phi) is 5.86. The molecule has 4 heteroatoms. The molecular formula is C14H19ClN2O. The van der Waals surface area contributed by atoms with Crippen LogP contribution in [0, 0.1) is 0 Å². The minimum absolute atomic E-state index is 0.106. The van der Waals surface area contributed by atoms with Crippen molar-refractivity contribution in [1.82, 2.24) is 10.3 Å². The topological polar surface area (TPSA) is 42.0 Å². The second kappa shape index (κ2) is 7.17. The van der Waals surface area contributed by atoms with Crippen LogP contribution in [0.2, 0.25) is 5.15 Å². The van der Waals surface area contributed by atoms with Crippen LogP contribution in [0.15, 0.2) is 24.3 Å². The lowest BCUT2D eigenvalue weighted by Gasteiger charge is -2.08. The third-order valence-corrected chi connectivity index (χ3v) is 2.69. The van der Waals surface area contributed by atoms with Crippen LogP contribution in [-0.2, 0) is 0 Å². The first kappa shape index (κ1) is 14.7. The summed E-state index contributed by atoms with van der Waals surface area (Å²) >= 11 is 5.92. The Bertz CT molecular complexity index is 441. The number of halogens is 1. The van der Waals surface area contributed by atoms with Crippen LogP contribution in [0.25, 0.3) is 0 Å². The van der Waals surface area contributed by atoms with Crippen LogP contribution in [0.5, 0.6) is 0 Å².